The highest BCUT2D eigenvalue weighted by Gasteiger charge is 2.48. The van der Waals surface area contributed by atoms with Crippen LogP contribution in [0, 0.1) is 0 Å². The van der Waals surface area contributed by atoms with E-state index in [0.717, 1.165) is 0 Å². The molecule has 0 aromatic carbocycles. The van der Waals surface area contributed by atoms with Crippen molar-refractivity contribution in [2.75, 3.05) is 6.61 Å². The van der Waals surface area contributed by atoms with Crippen LogP contribution >= 0.6 is 0 Å². The first kappa shape index (κ1) is 7.45. The number of fused-ring (bicyclic) bond motifs is 2. The molecule has 3 N–H and O–H groups in total. The molecule has 64 valence electrons. The lowest BCUT2D eigenvalue weighted by molar-refractivity contribution is -0.228. The summed E-state index contributed by atoms with van der Waals surface area (Å²) in [5.74, 6) is 0. The van der Waals surface area contributed by atoms with Crippen molar-refractivity contribution in [1.29, 1.82) is 0 Å². The molecule has 0 saturated carbocycles. The Morgan fingerprint density at radius 1 is 1.00 bits per heavy atom. The SMILES string of the molecule is O[C@@H]1[C@@H](O)[C@@H]2CO[C@@H](O2)[C@@H]1O. The van der Waals surface area contributed by atoms with E-state index in [-0.39, 0.29) is 6.61 Å². The molecule has 0 radical (unpaired) electrons. The summed E-state index contributed by atoms with van der Waals surface area (Å²) in [6.07, 6.45) is -4.58. The van der Waals surface area contributed by atoms with Crippen LogP contribution in [0.5, 0.6) is 0 Å². The van der Waals surface area contributed by atoms with E-state index in [1.807, 2.05) is 0 Å². The van der Waals surface area contributed by atoms with Crippen LogP contribution in [-0.2, 0) is 9.47 Å². The van der Waals surface area contributed by atoms with Gasteiger partial charge in [-0.25, -0.2) is 0 Å². The Kier molecular flexibility index (Phi) is 1.62. The van der Waals surface area contributed by atoms with Crippen LogP contribution in [0.25, 0.3) is 0 Å². The Bertz CT molecular complexity index is 141. The van der Waals surface area contributed by atoms with Gasteiger partial charge in [-0.15, -0.1) is 0 Å². The van der Waals surface area contributed by atoms with Crippen molar-refractivity contribution in [2.24, 2.45) is 0 Å². The lowest BCUT2D eigenvalue weighted by Gasteiger charge is -2.32. The van der Waals surface area contributed by atoms with Gasteiger partial charge in [0.2, 0.25) is 0 Å². The number of aliphatic hydroxyl groups excluding tert-OH is 3. The molecular formula is C6H10O5. The molecule has 2 fully saturated rings. The van der Waals surface area contributed by atoms with Crippen molar-refractivity contribution in [3.8, 4) is 0 Å². The molecule has 0 aromatic rings. The molecule has 0 unspecified atom stereocenters. The standard InChI is InChI=1S/C6H10O5/c7-3-2-1-10-6(11-2)5(9)4(3)8/h2-9H,1H2/t2-,3-,4+,5+,6-/m0/s1. The van der Waals surface area contributed by atoms with Crippen LogP contribution in [0.1, 0.15) is 0 Å². The predicted molar refractivity (Wildman–Crippen MR) is 32.6 cm³/mol. The van der Waals surface area contributed by atoms with Crippen LogP contribution in [0.2, 0.25) is 0 Å². The molecule has 5 heteroatoms. The minimum absolute atomic E-state index is 0.236. The van der Waals surface area contributed by atoms with Gasteiger partial charge in [0.1, 0.15) is 24.4 Å². The molecule has 2 bridgehead atoms. The summed E-state index contributed by atoms with van der Waals surface area (Å²) in [4.78, 5) is 0. The largest absolute Gasteiger partial charge is 0.387 e. The maximum absolute atomic E-state index is 9.22. The third-order valence-electron chi connectivity index (χ3n) is 2.09. The van der Waals surface area contributed by atoms with E-state index < -0.39 is 30.7 Å². The molecule has 11 heavy (non-hydrogen) atoms. The first-order valence-electron chi connectivity index (χ1n) is 3.51. The predicted octanol–water partition coefficient (Wildman–Crippen LogP) is -2.18. The quantitative estimate of drug-likeness (QED) is 0.377. The first-order valence-corrected chi connectivity index (χ1v) is 3.51. The molecule has 2 saturated heterocycles. The average molecular weight is 162 g/mol. The highest BCUT2D eigenvalue weighted by molar-refractivity contribution is 4.92. The van der Waals surface area contributed by atoms with Gasteiger partial charge in [-0.05, 0) is 0 Å². The Hall–Kier alpha value is -0.200. The minimum Gasteiger partial charge on any atom is -0.387 e. The molecule has 5 nitrogen and oxygen atoms in total. The van der Waals surface area contributed by atoms with Gasteiger partial charge in [-0.3, -0.25) is 0 Å². The zero-order chi connectivity index (χ0) is 8.01. The Labute approximate surface area is 63.2 Å². The van der Waals surface area contributed by atoms with Gasteiger partial charge in [0.15, 0.2) is 6.29 Å². The highest BCUT2D eigenvalue weighted by Crippen LogP contribution is 2.27. The molecule has 5 atom stereocenters. The zero-order valence-electron chi connectivity index (χ0n) is 5.75. The topological polar surface area (TPSA) is 79.2 Å². The first-order chi connectivity index (χ1) is 5.20. The number of hydrogen-bond acceptors (Lipinski definition) is 5. The summed E-state index contributed by atoms with van der Waals surface area (Å²) in [5, 5.41) is 27.6. The summed E-state index contributed by atoms with van der Waals surface area (Å²) in [6.45, 7) is 0.236. The van der Waals surface area contributed by atoms with Crippen molar-refractivity contribution in [3.63, 3.8) is 0 Å². The van der Waals surface area contributed by atoms with Crippen LogP contribution in [0.4, 0.5) is 0 Å². The fraction of sp³-hybridized carbons (Fsp3) is 1.00. The second-order valence-electron chi connectivity index (χ2n) is 2.85. The maximum atomic E-state index is 9.22. The van der Waals surface area contributed by atoms with E-state index in [1.54, 1.807) is 0 Å². The number of rotatable bonds is 0. The monoisotopic (exact) mass is 162 g/mol. The van der Waals surface area contributed by atoms with Crippen molar-refractivity contribution >= 4 is 0 Å². The Morgan fingerprint density at radius 3 is 2.45 bits per heavy atom. The third-order valence-corrected chi connectivity index (χ3v) is 2.09. The van der Waals surface area contributed by atoms with E-state index in [4.69, 9.17) is 14.6 Å². The normalized spacial score (nSPS) is 56.5. The van der Waals surface area contributed by atoms with Crippen LogP contribution in [-0.4, -0.2) is 52.6 Å². The molecule has 0 aromatic heterocycles. The smallest absolute Gasteiger partial charge is 0.186 e. The number of hydrogen-bond donors (Lipinski definition) is 3. The number of ether oxygens (including phenoxy) is 2. The summed E-state index contributed by atoms with van der Waals surface area (Å²) in [5.41, 5.74) is 0. The lowest BCUT2D eigenvalue weighted by Crippen LogP contribution is -2.53. The van der Waals surface area contributed by atoms with Gasteiger partial charge in [-0.2, -0.15) is 0 Å². The van der Waals surface area contributed by atoms with Crippen LogP contribution in [0.15, 0.2) is 0 Å². The lowest BCUT2D eigenvalue weighted by atomic mass is 10.0. The van der Waals surface area contributed by atoms with Gasteiger partial charge >= 0.3 is 0 Å². The summed E-state index contributed by atoms with van der Waals surface area (Å²) >= 11 is 0. The highest BCUT2D eigenvalue weighted by atomic mass is 16.7. The van der Waals surface area contributed by atoms with E-state index in [2.05, 4.69) is 0 Å². The fourth-order valence-electron chi connectivity index (χ4n) is 1.38. The second kappa shape index (κ2) is 2.40. The molecule has 2 aliphatic rings. The Balaban J connectivity index is 2.16. The molecule has 0 amide bonds. The number of aliphatic hydroxyl groups is 3. The van der Waals surface area contributed by atoms with Crippen LogP contribution in [0.3, 0.4) is 0 Å². The molecule has 2 heterocycles. The fourth-order valence-corrected chi connectivity index (χ4v) is 1.38. The van der Waals surface area contributed by atoms with Gasteiger partial charge in [0, 0.05) is 0 Å². The van der Waals surface area contributed by atoms with E-state index in [9.17, 15) is 10.2 Å². The van der Waals surface area contributed by atoms with E-state index in [0.29, 0.717) is 0 Å². The van der Waals surface area contributed by atoms with E-state index >= 15 is 0 Å². The van der Waals surface area contributed by atoms with E-state index in [1.165, 1.54) is 0 Å². The molecule has 2 aliphatic heterocycles. The summed E-state index contributed by atoms with van der Waals surface area (Å²) < 4.78 is 9.95. The summed E-state index contributed by atoms with van der Waals surface area (Å²) in [7, 11) is 0. The summed E-state index contributed by atoms with van der Waals surface area (Å²) in [6, 6.07) is 0. The van der Waals surface area contributed by atoms with Gasteiger partial charge in [0.05, 0.1) is 6.61 Å². The van der Waals surface area contributed by atoms with Crippen molar-refractivity contribution in [2.45, 2.75) is 30.7 Å². The van der Waals surface area contributed by atoms with Crippen LogP contribution < -0.4 is 0 Å². The van der Waals surface area contributed by atoms with Gasteiger partial charge in [0.25, 0.3) is 0 Å². The van der Waals surface area contributed by atoms with Crippen molar-refractivity contribution in [3.05, 3.63) is 0 Å². The average Bonchev–Trinajstić information content (AvgIpc) is 2.44. The molecular weight excluding hydrogens is 152 g/mol. The zero-order valence-corrected chi connectivity index (χ0v) is 5.75. The minimum atomic E-state index is -1.15. The van der Waals surface area contributed by atoms with Gasteiger partial charge < -0.3 is 24.8 Å². The van der Waals surface area contributed by atoms with Crippen molar-refractivity contribution in [1.82, 2.24) is 0 Å². The Morgan fingerprint density at radius 2 is 1.73 bits per heavy atom. The molecule has 0 aliphatic carbocycles. The van der Waals surface area contributed by atoms with Crippen molar-refractivity contribution < 1.29 is 24.8 Å². The second-order valence-corrected chi connectivity index (χ2v) is 2.85. The maximum Gasteiger partial charge on any atom is 0.186 e. The third kappa shape index (κ3) is 0.969. The molecule has 0 spiro atoms. The van der Waals surface area contributed by atoms with Gasteiger partial charge in [-0.1, -0.05) is 0 Å². The molecule has 2 rings (SSSR count).